The van der Waals surface area contributed by atoms with Crippen molar-refractivity contribution in [2.45, 2.75) is 83.5 Å². The van der Waals surface area contributed by atoms with E-state index < -0.39 is 0 Å². The second-order valence-electron chi connectivity index (χ2n) is 7.29. The Bertz CT molecular complexity index is 293. The fourth-order valence-corrected chi connectivity index (χ4v) is 4.82. The minimum absolute atomic E-state index is 0.482. The molecule has 1 N–H and O–H groups in total. The van der Waals surface area contributed by atoms with Gasteiger partial charge in [0.05, 0.1) is 12.2 Å². The Morgan fingerprint density at radius 3 is 2.63 bits per heavy atom. The van der Waals surface area contributed by atoms with Crippen LogP contribution in [0.1, 0.15) is 65.2 Å². The maximum absolute atomic E-state index is 6.15. The van der Waals surface area contributed by atoms with Crippen molar-refractivity contribution in [2.24, 2.45) is 17.8 Å². The third-order valence-corrected chi connectivity index (χ3v) is 5.81. The summed E-state index contributed by atoms with van der Waals surface area (Å²) in [6.45, 7) is 5.65. The summed E-state index contributed by atoms with van der Waals surface area (Å²) in [4.78, 5) is 0. The van der Waals surface area contributed by atoms with Gasteiger partial charge in [-0.05, 0) is 76.2 Å². The molecular formula is C17H31NO. The van der Waals surface area contributed by atoms with Crippen LogP contribution in [0.5, 0.6) is 0 Å². The lowest BCUT2D eigenvalue weighted by molar-refractivity contribution is 0.0239. The number of rotatable bonds is 6. The van der Waals surface area contributed by atoms with E-state index in [9.17, 15) is 0 Å². The van der Waals surface area contributed by atoms with E-state index >= 15 is 0 Å². The summed E-state index contributed by atoms with van der Waals surface area (Å²) in [7, 11) is 0. The summed E-state index contributed by atoms with van der Waals surface area (Å²) >= 11 is 0. The van der Waals surface area contributed by atoms with Crippen molar-refractivity contribution in [3.63, 3.8) is 0 Å². The van der Waals surface area contributed by atoms with Crippen LogP contribution in [0.3, 0.4) is 0 Å². The fraction of sp³-hybridized carbons (Fsp3) is 1.00. The second-order valence-corrected chi connectivity index (χ2v) is 7.29. The first-order valence-electron chi connectivity index (χ1n) is 8.65. The Kier molecular flexibility index (Phi) is 4.48. The summed E-state index contributed by atoms with van der Waals surface area (Å²) < 4.78 is 6.15. The molecule has 0 aromatic carbocycles. The van der Waals surface area contributed by atoms with Gasteiger partial charge in [-0.25, -0.2) is 0 Å². The molecule has 6 atom stereocenters. The first-order chi connectivity index (χ1) is 9.26. The quantitative estimate of drug-likeness (QED) is 0.790. The van der Waals surface area contributed by atoms with E-state index in [1.807, 2.05) is 0 Å². The monoisotopic (exact) mass is 265 g/mol. The third-order valence-electron chi connectivity index (χ3n) is 5.81. The van der Waals surface area contributed by atoms with Crippen LogP contribution in [-0.2, 0) is 4.74 Å². The Morgan fingerprint density at radius 1 is 1.16 bits per heavy atom. The average molecular weight is 265 g/mol. The first kappa shape index (κ1) is 13.9. The van der Waals surface area contributed by atoms with E-state index in [1.165, 1.54) is 51.4 Å². The Balaban J connectivity index is 1.56. The largest absolute Gasteiger partial charge is 0.374 e. The summed E-state index contributed by atoms with van der Waals surface area (Å²) in [6, 6.07) is 0.620. The molecule has 2 bridgehead atoms. The van der Waals surface area contributed by atoms with E-state index in [-0.39, 0.29) is 0 Å². The molecule has 0 aromatic heterocycles. The summed E-state index contributed by atoms with van der Waals surface area (Å²) in [5.74, 6) is 3.12. The van der Waals surface area contributed by atoms with Gasteiger partial charge in [0.1, 0.15) is 0 Å². The summed E-state index contributed by atoms with van der Waals surface area (Å²) in [5.41, 5.74) is 0. The van der Waals surface area contributed by atoms with Gasteiger partial charge in [0.2, 0.25) is 0 Å². The maximum Gasteiger partial charge on any atom is 0.0732 e. The lowest BCUT2D eigenvalue weighted by atomic mass is 9.83. The molecule has 2 heteroatoms. The van der Waals surface area contributed by atoms with Gasteiger partial charge in [0.25, 0.3) is 0 Å². The summed E-state index contributed by atoms with van der Waals surface area (Å²) in [5, 5.41) is 3.79. The van der Waals surface area contributed by atoms with E-state index in [4.69, 9.17) is 4.74 Å². The van der Waals surface area contributed by atoms with Gasteiger partial charge in [0.15, 0.2) is 0 Å². The third kappa shape index (κ3) is 3.16. The lowest BCUT2D eigenvalue weighted by Crippen LogP contribution is -2.42. The van der Waals surface area contributed by atoms with Crippen molar-refractivity contribution in [2.75, 3.05) is 6.54 Å². The lowest BCUT2D eigenvalue weighted by Gasteiger charge is -2.31. The van der Waals surface area contributed by atoms with Crippen LogP contribution in [-0.4, -0.2) is 24.8 Å². The predicted molar refractivity (Wildman–Crippen MR) is 79.2 cm³/mol. The SMILES string of the molecule is CCCNC(CC1CC2CCC1C2)C1CCC(C)O1. The van der Waals surface area contributed by atoms with Gasteiger partial charge < -0.3 is 10.1 Å². The zero-order valence-electron chi connectivity index (χ0n) is 12.7. The maximum atomic E-state index is 6.15. The molecule has 19 heavy (non-hydrogen) atoms. The van der Waals surface area contributed by atoms with Gasteiger partial charge in [-0.15, -0.1) is 0 Å². The highest BCUT2D eigenvalue weighted by atomic mass is 16.5. The number of fused-ring (bicyclic) bond motifs is 2. The van der Waals surface area contributed by atoms with Gasteiger partial charge >= 0.3 is 0 Å². The molecule has 110 valence electrons. The molecule has 1 aliphatic heterocycles. The second kappa shape index (κ2) is 6.13. The van der Waals surface area contributed by atoms with Gasteiger partial charge in [-0.2, -0.15) is 0 Å². The molecular weight excluding hydrogens is 234 g/mol. The zero-order chi connectivity index (χ0) is 13.2. The Morgan fingerprint density at radius 2 is 2.05 bits per heavy atom. The van der Waals surface area contributed by atoms with Gasteiger partial charge in [-0.3, -0.25) is 0 Å². The van der Waals surface area contributed by atoms with Crippen LogP contribution < -0.4 is 5.32 Å². The fourth-order valence-electron chi connectivity index (χ4n) is 4.82. The molecule has 3 aliphatic rings. The highest BCUT2D eigenvalue weighted by Gasteiger charge is 2.41. The van der Waals surface area contributed by atoms with Crippen molar-refractivity contribution in [1.29, 1.82) is 0 Å². The topological polar surface area (TPSA) is 21.3 Å². The minimum atomic E-state index is 0.482. The average Bonchev–Trinajstić information content (AvgIpc) is 3.10. The molecule has 3 rings (SSSR count). The molecule has 3 fully saturated rings. The molecule has 2 aliphatic carbocycles. The van der Waals surface area contributed by atoms with Crippen molar-refractivity contribution in [1.82, 2.24) is 5.32 Å². The smallest absolute Gasteiger partial charge is 0.0732 e. The van der Waals surface area contributed by atoms with E-state index in [1.54, 1.807) is 0 Å². The van der Waals surface area contributed by atoms with E-state index in [2.05, 4.69) is 19.2 Å². The predicted octanol–water partition coefficient (Wildman–Crippen LogP) is 3.75. The van der Waals surface area contributed by atoms with Crippen LogP contribution >= 0.6 is 0 Å². The molecule has 1 heterocycles. The van der Waals surface area contributed by atoms with Crippen molar-refractivity contribution < 1.29 is 4.74 Å². The number of hydrogen-bond donors (Lipinski definition) is 1. The standard InChI is InChI=1S/C17H31NO/c1-3-8-18-16(17-7-4-12(2)19-17)11-15-10-13-5-6-14(15)9-13/h12-18H,3-11H2,1-2H3. The minimum Gasteiger partial charge on any atom is -0.374 e. The highest BCUT2D eigenvalue weighted by Crippen LogP contribution is 2.50. The molecule has 2 nitrogen and oxygen atoms in total. The van der Waals surface area contributed by atoms with Crippen LogP contribution in [0.2, 0.25) is 0 Å². The molecule has 6 unspecified atom stereocenters. The van der Waals surface area contributed by atoms with Gasteiger partial charge in [-0.1, -0.05) is 13.3 Å². The molecule has 0 spiro atoms. The van der Waals surface area contributed by atoms with E-state index in [0.29, 0.717) is 18.2 Å². The highest BCUT2D eigenvalue weighted by molar-refractivity contribution is 4.94. The van der Waals surface area contributed by atoms with Crippen LogP contribution in [0.4, 0.5) is 0 Å². The van der Waals surface area contributed by atoms with Crippen molar-refractivity contribution in [3.05, 3.63) is 0 Å². The van der Waals surface area contributed by atoms with Crippen LogP contribution in [0, 0.1) is 17.8 Å². The van der Waals surface area contributed by atoms with Crippen molar-refractivity contribution in [3.8, 4) is 0 Å². The van der Waals surface area contributed by atoms with Crippen LogP contribution in [0.15, 0.2) is 0 Å². The molecule has 2 saturated carbocycles. The number of nitrogens with one attached hydrogen (secondary N) is 1. The zero-order valence-corrected chi connectivity index (χ0v) is 12.7. The number of hydrogen-bond acceptors (Lipinski definition) is 2. The molecule has 1 saturated heterocycles. The Labute approximate surface area is 118 Å². The number of ether oxygens (including phenoxy) is 1. The normalized spacial score (nSPS) is 42.9. The van der Waals surface area contributed by atoms with Gasteiger partial charge in [0, 0.05) is 6.04 Å². The van der Waals surface area contributed by atoms with Crippen LogP contribution in [0.25, 0.3) is 0 Å². The Hall–Kier alpha value is -0.0800. The van der Waals surface area contributed by atoms with E-state index in [0.717, 1.165) is 24.3 Å². The summed E-state index contributed by atoms with van der Waals surface area (Å²) in [6.07, 6.45) is 12.2. The molecule has 0 aromatic rings. The molecule has 0 radical (unpaired) electrons. The first-order valence-corrected chi connectivity index (χ1v) is 8.65. The van der Waals surface area contributed by atoms with Crippen molar-refractivity contribution >= 4 is 0 Å². The molecule has 0 amide bonds.